The van der Waals surface area contributed by atoms with Crippen molar-refractivity contribution in [3.05, 3.63) is 0 Å². The molecule has 0 amide bonds. The summed E-state index contributed by atoms with van der Waals surface area (Å²) in [4.78, 5) is 0. The molecule has 0 aliphatic rings. The van der Waals surface area contributed by atoms with Crippen molar-refractivity contribution < 1.29 is 25.6 Å². The van der Waals surface area contributed by atoms with Crippen LogP contribution in [0.25, 0.3) is 0 Å². The summed E-state index contributed by atoms with van der Waals surface area (Å²) in [5.74, 6) is 0. The van der Waals surface area contributed by atoms with Crippen LogP contribution in [0.5, 0.6) is 0 Å². The minimum absolute atomic E-state index is 0.582. The van der Waals surface area contributed by atoms with Gasteiger partial charge in [-0.15, -0.1) is 0 Å². The zero-order valence-corrected chi connectivity index (χ0v) is 23.8. The van der Waals surface area contributed by atoms with Crippen LogP contribution in [0.1, 0.15) is 62.3 Å². The first-order valence-corrected chi connectivity index (χ1v) is 19.1. The smallest absolute Gasteiger partial charge is 0.415 e. The maximum absolute atomic E-state index is 7.00. The predicted octanol–water partition coefficient (Wildman–Crippen LogP) is 5.58. The van der Waals surface area contributed by atoms with Gasteiger partial charge in [0.1, 0.15) is 0 Å². The van der Waals surface area contributed by atoms with Gasteiger partial charge in [0.25, 0.3) is 0 Å². The SMILES string of the molecule is CCO[Si](OCC)O[Si](CC)(CC)O[Si](CC)(CC)O[Si](CC)(CC)OCC. The van der Waals surface area contributed by atoms with E-state index in [2.05, 4.69) is 48.5 Å². The predicted molar refractivity (Wildman–Crippen MR) is 124 cm³/mol. The average molecular weight is 470 g/mol. The van der Waals surface area contributed by atoms with Crippen molar-refractivity contribution in [3.8, 4) is 0 Å². The second-order valence-corrected chi connectivity index (χ2v) is 20.2. The molecule has 10 heteroatoms. The standard InChI is InChI=1S/C18H45O6Si4/c1-10-19-25(20-11-2)22-27(15-6,16-7)24-28(17-8,18-9)23-26(13-4,14-5)21-12-3/h10-18H2,1-9H3. The fourth-order valence-corrected chi connectivity index (χ4v) is 20.4. The average Bonchev–Trinajstić information content (AvgIpc) is 2.72. The lowest BCUT2D eigenvalue weighted by Crippen LogP contribution is -2.61. The van der Waals surface area contributed by atoms with Crippen LogP contribution in [0.3, 0.4) is 0 Å². The van der Waals surface area contributed by atoms with Gasteiger partial charge < -0.3 is 25.6 Å². The third-order valence-electron chi connectivity index (χ3n) is 5.18. The van der Waals surface area contributed by atoms with Gasteiger partial charge in [-0.1, -0.05) is 41.5 Å². The molecule has 0 aromatic heterocycles. The normalized spacial score (nSPS) is 13.5. The van der Waals surface area contributed by atoms with E-state index in [1.165, 1.54) is 0 Å². The maximum Gasteiger partial charge on any atom is 0.568 e. The summed E-state index contributed by atoms with van der Waals surface area (Å²) >= 11 is 0. The van der Waals surface area contributed by atoms with Crippen LogP contribution in [0.2, 0.25) is 36.3 Å². The van der Waals surface area contributed by atoms with Crippen molar-refractivity contribution in [2.75, 3.05) is 19.8 Å². The first-order chi connectivity index (χ1) is 13.3. The molecule has 0 aliphatic heterocycles. The highest BCUT2D eigenvalue weighted by Gasteiger charge is 2.51. The van der Waals surface area contributed by atoms with E-state index < -0.39 is 35.2 Å². The van der Waals surface area contributed by atoms with Crippen molar-refractivity contribution in [1.29, 1.82) is 0 Å². The summed E-state index contributed by atoms with van der Waals surface area (Å²) in [6.07, 6.45) is 0. The van der Waals surface area contributed by atoms with Gasteiger partial charge >= 0.3 is 35.2 Å². The van der Waals surface area contributed by atoms with Crippen molar-refractivity contribution in [2.45, 2.75) is 98.6 Å². The first-order valence-electron chi connectivity index (χ1n) is 11.2. The zero-order chi connectivity index (χ0) is 21.7. The van der Waals surface area contributed by atoms with Crippen molar-refractivity contribution >= 4 is 35.2 Å². The Morgan fingerprint density at radius 2 is 0.893 bits per heavy atom. The van der Waals surface area contributed by atoms with Gasteiger partial charge in [-0.05, 0) is 57.0 Å². The molecule has 0 rings (SSSR count). The van der Waals surface area contributed by atoms with E-state index in [0.29, 0.717) is 19.8 Å². The maximum atomic E-state index is 7.00. The molecule has 0 saturated carbocycles. The van der Waals surface area contributed by atoms with Crippen LogP contribution in [0.15, 0.2) is 0 Å². The molecule has 0 bridgehead atoms. The molecular formula is C18H45O6Si4. The van der Waals surface area contributed by atoms with Gasteiger partial charge in [-0.3, -0.25) is 0 Å². The summed E-state index contributed by atoms with van der Waals surface area (Å²) in [6, 6.07) is 5.39. The third kappa shape index (κ3) is 8.40. The van der Waals surface area contributed by atoms with Crippen molar-refractivity contribution in [2.24, 2.45) is 0 Å². The van der Waals surface area contributed by atoms with E-state index in [1.807, 2.05) is 13.8 Å². The quantitative estimate of drug-likeness (QED) is 0.244. The lowest BCUT2D eigenvalue weighted by Gasteiger charge is -2.44. The lowest BCUT2D eigenvalue weighted by molar-refractivity contribution is 0.135. The number of hydrogen-bond donors (Lipinski definition) is 0. The topological polar surface area (TPSA) is 55.4 Å². The fraction of sp³-hybridized carbons (Fsp3) is 1.00. The molecule has 1 radical (unpaired) electrons. The Kier molecular flexibility index (Phi) is 14.9. The summed E-state index contributed by atoms with van der Waals surface area (Å²) in [5, 5.41) is 0. The van der Waals surface area contributed by atoms with Gasteiger partial charge in [-0.25, -0.2) is 0 Å². The minimum atomic E-state index is -2.51. The Morgan fingerprint density at radius 1 is 0.500 bits per heavy atom. The molecule has 0 unspecified atom stereocenters. The van der Waals surface area contributed by atoms with E-state index in [1.54, 1.807) is 0 Å². The summed E-state index contributed by atoms with van der Waals surface area (Å²) in [5.41, 5.74) is 0. The lowest BCUT2D eigenvalue weighted by atomic mass is 10.9. The highest BCUT2D eigenvalue weighted by molar-refractivity contribution is 6.88. The summed E-state index contributed by atoms with van der Waals surface area (Å²) in [6.45, 7) is 20.9. The van der Waals surface area contributed by atoms with Crippen LogP contribution < -0.4 is 0 Å². The molecule has 28 heavy (non-hydrogen) atoms. The molecule has 0 aliphatic carbocycles. The van der Waals surface area contributed by atoms with E-state index >= 15 is 0 Å². The molecule has 0 saturated heterocycles. The fourth-order valence-electron chi connectivity index (χ4n) is 3.18. The Bertz CT molecular complexity index is 384. The molecule has 169 valence electrons. The van der Waals surface area contributed by atoms with E-state index in [9.17, 15) is 0 Å². The van der Waals surface area contributed by atoms with E-state index in [0.717, 1.165) is 36.3 Å². The second-order valence-electron chi connectivity index (χ2n) is 6.71. The van der Waals surface area contributed by atoms with E-state index in [-0.39, 0.29) is 0 Å². The Hall–Kier alpha value is 0.628. The van der Waals surface area contributed by atoms with Gasteiger partial charge in [0, 0.05) is 19.8 Å². The Labute approximate surface area is 179 Å². The number of hydrogen-bond acceptors (Lipinski definition) is 6. The van der Waals surface area contributed by atoms with Crippen LogP contribution >= 0.6 is 0 Å². The monoisotopic (exact) mass is 469 g/mol. The highest BCUT2D eigenvalue weighted by Crippen LogP contribution is 2.34. The molecular weight excluding hydrogens is 425 g/mol. The van der Waals surface area contributed by atoms with Gasteiger partial charge in [-0.2, -0.15) is 0 Å². The van der Waals surface area contributed by atoms with Crippen LogP contribution in [-0.2, 0) is 25.6 Å². The van der Waals surface area contributed by atoms with Gasteiger partial charge in [0.15, 0.2) is 0 Å². The van der Waals surface area contributed by atoms with Crippen LogP contribution in [0, 0.1) is 0 Å². The molecule has 0 aromatic carbocycles. The van der Waals surface area contributed by atoms with Gasteiger partial charge in [0.05, 0.1) is 0 Å². The van der Waals surface area contributed by atoms with Crippen molar-refractivity contribution in [3.63, 3.8) is 0 Å². The summed E-state index contributed by atoms with van der Waals surface area (Å²) < 4.78 is 38.2. The molecule has 0 spiro atoms. The largest absolute Gasteiger partial charge is 0.568 e. The van der Waals surface area contributed by atoms with Gasteiger partial charge in [0.2, 0.25) is 0 Å². The molecule has 0 atom stereocenters. The minimum Gasteiger partial charge on any atom is -0.415 e. The Balaban J connectivity index is 5.76. The molecule has 6 nitrogen and oxygen atoms in total. The molecule has 0 N–H and O–H groups in total. The third-order valence-corrected chi connectivity index (χ3v) is 21.6. The summed E-state index contributed by atoms with van der Waals surface area (Å²) in [7, 11) is -9.04. The number of rotatable bonds is 18. The zero-order valence-electron chi connectivity index (χ0n) is 19.8. The molecule has 0 heterocycles. The first kappa shape index (κ1) is 28.6. The molecule has 0 fully saturated rings. The Morgan fingerprint density at radius 3 is 1.21 bits per heavy atom. The van der Waals surface area contributed by atoms with Crippen molar-refractivity contribution in [1.82, 2.24) is 0 Å². The van der Waals surface area contributed by atoms with E-state index in [4.69, 9.17) is 25.6 Å². The van der Waals surface area contributed by atoms with Crippen LogP contribution in [0.4, 0.5) is 0 Å². The highest BCUT2D eigenvalue weighted by atomic mass is 28.5. The second kappa shape index (κ2) is 14.6. The molecule has 0 aromatic rings. The van der Waals surface area contributed by atoms with Crippen LogP contribution in [-0.4, -0.2) is 55.0 Å².